The minimum absolute atomic E-state index is 1.29. The molecule has 0 aromatic rings. The van der Waals surface area contributed by atoms with Crippen LogP contribution in [0, 0.1) is 0 Å². The molecule has 0 spiro atoms. The van der Waals surface area contributed by atoms with Crippen LogP contribution in [0.15, 0.2) is 0 Å². The summed E-state index contributed by atoms with van der Waals surface area (Å²) >= 11 is 2.60. The van der Waals surface area contributed by atoms with Gasteiger partial charge < -0.3 is 0 Å². The van der Waals surface area contributed by atoms with E-state index in [9.17, 15) is 0 Å². The molecule has 0 unspecified atom stereocenters. The molecule has 0 radical (unpaired) electrons. The predicted molar refractivity (Wildman–Crippen MR) is 31.5 cm³/mol. The first-order valence-corrected chi connectivity index (χ1v) is 3.85. The summed E-state index contributed by atoms with van der Waals surface area (Å²) in [4.78, 5) is 0. The first-order chi connectivity index (χ1) is 2.91. The molecule has 0 saturated heterocycles. The monoisotopic (exact) mass is 152 g/mol. The summed E-state index contributed by atoms with van der Waals surface area (Å²) in [6.45, 7) is 2.22. The second-order valence-electron chi connectivity index (χ2n) is 1.43. The third kappa shape index (κ3) is 4.52. The minimum atomic E-state index is 1.29. The van der Waals surface area contributed by atoms with Gasteiger partial charge in [0.1, 0.15) is 0 Å². The molecule has 0 rings (SSSR count). The second-order valence-corrected chi connectivity index (χ2v) is 2.37. The summed E-state index contributed by atoms with van der Waals surface area (Å²) in [5, 5.41) is 1.29. The first-order valence-electron chi connectivity index (χ1n) is 2.52. The molecule has 0 aliphatic rings. The average molecular weight is 151 g/mol. The van der Waals surface area contributed by atoms with Crippen molar-refractivity contribution in [3.63, 3.8) is 0 Å². The van der Waals surface area contributed by atoms with E-state index >= 15 is 0 Å². The van der Waals surface area contributed by atoms with Crippen molar-refractivity contribution in [2.75, 3.05) is 0 Å². The van der Waals surface area contributed by atoms with Crippen molar-refractivity contribution in [1.29, 1.82) is 0 Å². The Morgan fingerprint density at radius 1 is 1.33 bits per heavy atom. The summed E-state index contributed by atoms with van der Waals surface area (Å²) in [7, 11) is 0. The molecule has 0 amide bonds. The summed E-state index contributed by atoms with van der Waals surface area (Å²) < 4.78 is 0. The fourth-order valence-electron chi connectivity index (χ4n) is 0.362. The number of unbranched alkanes of at least 4 members (excludes halogenated alkanes) is 2. The maximum absolute atomic E-state index is 2.60. The van der Waals surface area contributed by atoms with Crippen LogP contribution in [0.5, 0.6) is 0 Å². The number of rotatable bonds is 3. The van der Waals surface area contributed by atoms with Crippen molar-refractivity contribution in [3.05, 3.63) is 0 Å². The van der Waals surface area contributed by atoms with Crippen molar-refractivity contribution < 1.29 is 0 Å². The van der Waals surface area contributed by atoms with Crippen LogP contribution in [-0.4, -0.2) is 16.0 Å². The average Bonchev–Trinajstić information content (AvgIpc) is 1.61. The number of hydrogen-bond acceptors (Lipinski definition) is 0. The Bertz CT molecular complexity index is 15.9. The van der Waals surface area contributed by atoms with Gasteiger partial charge in [-0.25, -0.2) is 0 Å². The molecule has 0 heterocycles. The first kappa shape index (κ1) is 6.52. The molecule has 0 bridgehead atoms. The van der Waals surface area contributed by atoms with E-state index in [4.69, 9.17) is 0 Å². The van der Waals surface area contributed by atoms with Gasteiger partial charge in [-0.1, -0.05) is 0 Å². The summed E-state index contributed by atoms with van der Waals surface area (Å²) in [5.74, 6) is 0. The summed E-state index contributed by atoms with van der Waals surface area (Å²) in [5.41, 5.74) is 0. The van der Waals surface area contributed by atoms with Crippen LogP contribution in [0.3, 0.4) is 0 Å². The van der Waals surface area contributed by atoms with E-state index in [-0.39, 0.29) is 0 Å². The van der Waals surface area contributed by atoms with Gasteiger partial charge >= 0.3 is 47.5 Å². The second kappa shape index (κ2) is 5.52. The Hall–Kier alpha value is 0.519. The van der Waals surface area contributed by atoms with Crippen molar-refractivity contribution >= 4 is 16.0 Å². The molecular formula is C5H12Se. The van der Waals surface area contributed by atoms with Crippen LogP contribution in [-0.2, 0) is 0 Å². The molecule has 0 atom stereocenters. The molecule has 0 saturated carbocycles. The topological polar surface area (TPSA) is 0 Å². The molecule has 0 fully saturated rings. The Labute approximate surface area is 48.1 Å². The van der Waals surface area contributed by atoms with Gasteiger partial charge in [0.2, 0.25) is 0 Å². The van der Waals surface area contributed by atoms with Gasteiger partial charge in [-0.3, -0.25) is 0 Å². The molecule has 1 heteroatoms. The van der Waals surface area contributed by atoms with Crippen LogP contribution < -0.4 is 0 Å². The van der Waals surface area contributed by atoms with Gasteiger partial charge in [-0.2, -0.15) is 0 Å². The fourth-order valence-corrected chi connectivity index (χ4v) is 0.831. The standard InChI is InChI=1S/C5H12Se/c1-2-3-4-5-6/h6H,2-5H2,1H3. The molecule has 0 aliphatic heterocycles. The molecule has 0 aromatic heterocycles. The third-order valence-electron chi connectivity index (χ3n) is 0.762. The van der Waals surface area contributed by atoms with E-state index in [0.717, 1.165) is 0 Å². The van der Waals surface area contributed by atoms with E-state index in [2.05, 4.69) is 22.9 Å². The summed E-state index contributed by atoms with van der Waals surface area (Å²) in [6.07, 6.45) is 4.13. The predicted octanol–water partition coefficient (Wildman–Crippen LogP) is 1.50. The van der Waals surface area contributed by atoms with Gasteiger partial charge in [0.15, 0.2) is 0 Å². The maximum atomic E-state index is 2.60. The van der Waals surface area contributed by atoms with Gasteiger partial charge in [0.25, 0.3) is 0 Å². The van der Waals surface area contributed by atoms with E-state index < -0.39 is 0 Å². The Morgan fingerprint density at radius 3 is 2.17 bits per heavy atom. The van der Waals surface area contributed by atoms with Crippen LogP contribution in [0.2, 0.25) is 5.32 Å². The molecule has 0 N–H and O–H groups in total. The Morgan fingerprint density at radius 2 is 2.00 bits per heavy atom. The van der Waals surface area contributed by atoms with Gasteiger partial charge in [-0.15, -0.1) is 0 Å². The molecular weight excluding hydrogens is 139 g/mol. The Balaban J connectivity index is 2.34. The van der Waals surface area contributed by atoms with Crippen molar-refractivity contribution in [2.45, 2.75) is 31.5 Å². The van der Waals surface area contributed by atoms with Crippen molar-refractivity contribution in [3.8, 4) is 0 Å². The zero-order valence-corrected chi connectivity index (χ0v) is 6.15. The molecule has 6 heavy (non-hydrogen) atoms. The molecule has 0 nitrogen and oxygen atoms in total. The Kier molecular flexibility index (Phi) is 6.00. The van der Waals surface area contributed by atoms with E-state index in [0.29, 0.717) is 0 Å². The van der Waals surface area contributed by atoms with Gasteiger partial charge in [0, 0.05) is 0 Å². The zero-order chi connectivity index (χ0) is 4.83. The van der Waals surface area contributed by atoms with E-state index in [1.807, 2.05) is 0 Å². The van der Waals surface area contributed by atoms with E-state index in [1.165, 1.54) is 24.6 Å². The van der Waals surface area contributed by atoms with Crippen LogP contribution in [0.25, 0.3) is 0 Å². The van der Waals surface area contributed by atoms with Crippen LogP contribution in [0.1, 0.15) is 26.2 Å². The van der Waals surface area contributed by atoms with Crippen LogP contribution >= 0.6 is 0 Å². The van der Waals surface area contributed by atoms with Crippen LogP contribution in [0.4, 0.5) is 0 Å². The summed E-state index contributed by atoms with van der Waals surface area (Å²) in [6, 6.07) is 0. The zero-order valence-electron chi connectivity index (χ0n) is 4.28. The van der Waals surface area contributed by atoms with Crippen molar-refractivity contribution in [1.82, 2.24) is 0 Å². The van der Waals surface area contributed by atoms with E-state index in [1.54, 1.807) is 0 Å². The normalized spacial score (nSPS) is 9.00. The fraction of sp³-hybridized carbons (Fsp3) is 1.00. The molecule has 38 valence electrons. The van der Waals surface area contributed by atoms with Crippen molar-refractivity contribution in [2.24, 2.45) is 0 Å². The number of hydrogen-bond donors (Lipinski definition) is 0. The quantitative estimate of drug-likeness (QED) is 0.423. The van der Waals surface area contributed by atoms with Gasteiger partial charge in [-0.05, 0) is 0 Å². The third-order valence-corrected chi connectivity index (χ3v) is 1.43. The van der Waals surface area contributed by atoms with Gasteiger partial charge in [0.05, 0.1) is 0 Å². The molecule has 0 aromatic carbocycles. The molecule has 0 aliphatic carbocycles. The SMILES string of the molecule is CCCCC[SeH].